The summed E-state index contributed by atoms with van der Waals surface area (Å²) in [7, 11) is 1.22. The second-order valence-electron chi connectivity index (χ2n) is 21.7. The molecule has 420 valence electrons. The number of rotatable bonds is 55. The van der Waals surface area contributed by atoms with Gasteiger partial charge < -0.3 is 28.8 Å². The van der Waals surface area contributed by atoms with Crippen molar-refractivity contribution in [2.45, 2.75) is 283 Å². The van der Waals surface area contributed by atoms with E-state index in [2.05, 4.69) is 79.9 Å². The standard InChI is InChI=1S/C63H117N2O6P/c1-6-8-10-12-14-16-18-20-22-24-26-27-28-29-30-31-32-33-34-35-36-37-39-40-42-44-46-48-50-52-54-56-62(66)61(60-71-72(68,69)70-59-58-65(3,4)5)64-63(67)57-55-53-51-49-47-45-43-41-38-25-23-21-19-17-15-13-11-9-7-2/h15,17,21,23,38-41,46,48,54,56,61-62,66H,6-14,16,18-20,22,24-37,42-45,47,49-53,55,57-60H2,1-5H3,(H-,64,67,68,69)/b17-15-,23-21-,40-39+,41-38-,48-46+,56-54+. The lowest BCUT2D eigenvalue weighted by Gasteiger charge is -2.29. The summed E-state index contributed by atoms with van der Waals surface area (Å²) in [6.45, 7) is 4.60. The van der Waals surface area contributed by atoms with Crippen LogP contribution in [0.3, 0.4) is 0 Å². The molecule has 0 bridgehead atoms. The first kappa shape index (κ1) is 69.9. The van der Waals surface area contributed by atoms with Gasteiger partial charge in [-0.15, -0.1) is 0 Å². The maximum absolute atomic E-state index is 13.0. The Kier molecular flexibility index (Phi) is 52.2. The Bertz CT molecular complexity index is 1400. The molecule has 0 aliphatic rings. The van der Waals surface area contributed by atoms with Crippen molar-refractivity contribution in [3.05, 3.63) is 72.9 Å². The molecule has 0 aromatic carbocycles. The molecule has 0 aromatic rings. The van der Waals surface area contributed by atoms with E-state index in [0.29, 0.717) is 17.4 Å². The topological polar surface area (TPSA) is 108 Å². The summed E-state index contributed by atoms with van der Waals surface area (Å²) < 4.78 is 23.3. The molecule has 0 fully saturated rings. The Balaban J connectivity index is 4.24. The fraction of sp³-hybridized carbons (Fsp3) is 0.794. The maximum Gasteiger partial charge on any atom is 0.268 e. The molecule has 3 unspecified atom stereocenters. The summed E-state index contributed by atoms with van der Waals surface area (Å²) in [5, 5.41) is 13.9. The Hall–Kier alpha value is -2.06. The molecule has 1 amide bonds. The number of nitrogens with zero attached hydrogens (tertiary/aromatic N) is 1. The van der Waals surface area contributed by atoms with Gasteiger partial charge in [0.15, 0.2) is 0 Å². The van der Waals surface area contributed by atoms with E-state index in [1.54, 1.807) is 6.08 Å². The predicted molar refractivity (Wildman–Crippen MR) is 311 cm³/mol. The summed E-state index contributed by atoms with van der Waals surface area (Å²) in [4.78, 5) is 25.5. The van der Waals surface area contributed by atoms with E-state index >= 15 is 0 Å². The number of nitrogens with one attached hydrogen (secondary N) is 1. The monoisotopic (exact) mass is 1030 g/mol. The highest BCUT2D eigenvalue weighted by atomic mass is 31.2. The molecule has 9 heteroatoms. The average molecular weight is 1030 g/mol. The number of likely N-dealkylation sites (N-methyl/N-ethyl adjacent to an activating group) is 1. The lowest BCUT2D eigenvalue weighted by Crippen LogP contribution is -2.45. The molecule has 8 nitrogen and oxygen atoms in total. The molecule has 0 aliphatic carbocycles. The van der Waals surface area contributed by atoms with Crippen LogP contribution >= 0.6 is 7.82 Å². The van der Waals surface area contributed by atoms with E-state index in [9.17, 15) is 19.4 Å². The quantitative estimate of drug-likeness (QED) is 0.0272. The number of aliphatic hydroxyl groups is 1. The molecule has 0 saturated carbocycles. The highest BCUT2D eigenvalue weighted by Crippen LogP contribution is 2.38. The Labute approximate surface area is 446 Å². The van der Waals surface area contributed by atoms with Crippen LogP contribution in [0.4, 0.5) is 0 Å². The smallest absolute Gasteiger partial charge is 0.268 e. The number of amides is 1. The van der Waals surface area contributed by atoms with Gasteiger partial charge in [0.1, 0.15) is 13.2 Å². The number of quaternary nitrogens is 1. The number of allylic oxidation sites excluding steroid dienone is 11. The molecule has 0 heterocycles. The molecule has 0 aromatic heterocycles. The second-order valence-corrected chi connectivity index (χ2v) is 23.1. The highest BCUT2D eigenvalue weighted by molar-refractivity contribution is 7.45. The number of hydrogen-bond donors (Lipinski definition) is 2. The third kappa shape index (κ3) is 55.7. The van der Waals surface area contributed by atoms with Crippen molar-refractivity contribution in [2.75, 3.05) is 40.9 Å². The second kappa shape index (κ2) is 53.8. The van der Waals surface area contributed by atoms with Gasteiger partial charge in [0, 0.05) is 6.42 Å². The van der Waals surface area contributed by atoms with Crippen LogP contribution in [0.1, 0.15) is 271 Å². The van der Waals surface area contributed by atoms with Crippen LogP contribution in [0.15, 0.2) is 72.9 Å². The van der Waals surface area contributed by atoms with Crippen molar-refractivity contribution in [1.29, 1.82) is 0 Å². The van der Waals surface area contributed by atoms with Gasteiger partial charge >= 0.3 is 0 Å². The summed E-state index contributed by atoms with van der Waals surface area (Å²) in [5.74, 6) is -0.224. The van der Waals surface area contributed by atoms with E-state index in [0.717, 1.165) is 70.6 Å². The molecule has 72 heavy (non-hydrogen) atoms. The lowest BCUT2D eigenvalue weighted by atomic mass is 10.0. The molecule has 0 rings (SSSR count). The van der Waals surface area contributed by atoms with Gasteiger partial charge in [-0.3, -0.25) is 9.36 Å². The lowest BCUT2D eigenvalue weighted by molar-refractivity contribution is -0.870. The largest absolute Gasteiger partial charge is 0.756 e. The zero-order valence-electron chi connectivity index (χ0n) is 47.9. The minimum atomic E-state index is -4.62. The fourth-order valence-electron chi connectivity index (χ4n) is 8.60. The summed E-state index contributed by atoms with van der Waals surface area (Å²) in [6.07, 6.45) is 74.3. The molecule has 0 radical (unpaired) electrons. The number of unbranched alkanes of at least 4 members (excludes halogenated alkanes) is 32. The van der Waals surface area contributed by atoms with Gasteiger partial charge in [-0.05, 0) is 83.5 Å². The van der Waals surface area contributed by atoms with Crippen molar-refractivity contribution in [3.63, 3.8) is 0 Å². The van der Waals surface area contributed by atoms with Crippen LogP contribution < -0.4 is 10.2 Å². The molecule has 0 spiro atoms. The van der Waals surface area contributed by atoms with Crippen molar-refractivity contribution >= 4 is 13.7 Å². The predicted octanol–water partition coefficient (Wildman–Crippen LogP) is 18.0. The Morgan fingerprint density at radius 2 is 0.819 bits per heavy atom. The van der Waals surface area contributed by atoms with Crippen LogP contribution in [-0.2, 0) is 18.4 Å². The van der Waals surface area contributed by atoms with Gasteiger partial charge in [-0.25, -0.2) is 0 Å². The first-order chi connectivity index (χ1) is 35.0. The highest BCUT2D eigenvalue weighted by Gasteiger charge is 2.23. The Morgan fingerprint density at radius 3 is 1.25 bits per heavy atom. The van der Waals surface area contributed by atoms with Gasteiger partial charge in [-0.2, -0.15) is 0 Å². The molecule has 2 N–H and O–H groups in total. The van der Waals surface area contributed by atoms with Crippen molar-refractivity contribution in [3.8, 4) is 0 Å². The zero-order chi connectivity index (χ0) is 52.7. The normalized spacial score (nSPS) is 14.4. The first-order valence-electron chi connectivity index (χ1n) is 30.3. The minimum Gasteiger partial charge on any atom is -0.756 e. The van der Waals surface area contributed by atoms with E-state index in [4.69, 9.17) is 9.05 Å². The number of aliphatic hydroxyl groups excluding tert-OH is 1. The number of carbonyl (C=O) groups excluding carboxylic acids is 1. The number of carbonyl (C=O) groups is 1. The average Bonchev–Trinajstić information content (AvgIpc) is 3.34. The fourth-order valence-corrected chi connectivity index (χ4v) is 9.33. The molecular formula is C63H117N2O6P. The SMILES string of the molecule is CCCCC/C=C\C/C=C\C/C=C\CCCCCCCCC(=O)NC(COP(=O)([O-])OCC[N+](C)(C)C)C(O)/C=C/CC/C=C/CC/C=C/CCCCCCCCCCCCCCCCCCCCCCC. The van der Waals surface area contributed by atoms with Crippen LogP contribution in [0.5, 0.6) is 0 Å². The number of phosphoric ester groups is 1. The van der Waals surface area contributed by atoms with Crippen LogP contribution in [0, 0.1) is 0 Å². The Morgan fingerprint density at radius 1 is 0.486 bits per heavy atom. The van der Waals surface area contributed by atoms with Crippen molar-refractivity contribution in [2.24, 2.45) is 0 Å². The van der Waals surface area contributed by atoms with Crippen molar-refractivity contribution < 1.29 is 32.9 Å². The number of phosphoric acid groups is 1. The third-order valence-electron chi connectivity index (χ3n) is 13.4. The van der Waals surface area contributed by atoms with Gasteiger partial charge in [0.25, 0.3) is 7.82 Å². The summed E-state index contributed by atoms with van der Waals surface area (Å²) in [5.41, 5.74) is 0. The van der Waals surface area contributed by atoms with Crippen molar-refractivity contribution in [1.82, 2.24) is 5.32 Å². The van der Waals surface area contributed by atoms with E-state index in [-0.39, 0.29) is 12.5 Å². The first-order valence-corrected chi connectivity index (χ1v) is 31.8. The van der Waals surface area contributed by atoms with E-state index in [1.165, 1.54) is 180 Å². The molecular weight excluding hydrogens is 912 g/mol. The molecule has 0 saturated heterocycles. The van der Waals surface area contributed by atoms with Crippen LogP contribution in [0.2, 0.25) is 0 Å². The third-order valence-corrected chi connectivity index (χ3v) is 14.3. The van der Waals surface area contributed by atoms with E-state index < -0.39 is 26.6 Å². The van der Waals surface area contributed by atoms with Gasteiger partial charge in [0.2, 0.25) is 5.91 Å². The zero-order valence-corrected chi connectivity index (χ0v) is 48.8. The van der Waals surface area contributed by atoms with E-state index in [1.807, 2.05) is 27.2 Å². The molecule has 0 aliphatic heterocycles. The summed E-state index contributed by atoms with van der Waals surface area (Å²) in [6, 6.07) is -0.922. The van der Waals surface area contributed by atoms with Crippen LogP contribution in [-0.4, -0.2) is 68.5 Å². The minimum absolute atomic E-state index is 0.0148. The maximum atomic E-state index is 13.0. The van der Waals surface area contributed by atoms with Gasteiger partial charge in [-0.1, -0.05) is 254 Å². The number of hydrogen-bond acceptors (Lipinski definition) is 6. The summed E-state index contributed by atoms with van der Waals surface area (Å²) >= 11 is 0. The molecule has 3 atom stereocenters. The van der Waals surface area contributed by atoms with Gasteiger partial charge in [0.05, 0.1) is 39.9 Å². The van der Waals surface area contributed by atoms with Crippen LogP contribution in [0.25, 0.3) is 0 Å².